The molecule has 0 aliphatic carbocycles. The van der Waals surface area contributed by atoms with Gasteiger partial charge in [0.1, 0.15) is 5.82 Å². The molecule has 0 aliphatic heterocycles. The molecule has 1 aromatic carbocycles. The van der Waals surface area contributed by atoms with Crippen molar-refractivity contribution in [3.05, 3.63) is 52.8 Å². The van der Waals surface area contributed by atoms with Gasteiger partial charge in [0.15, 0.2) is 5.52 Å². The van der Waals surface area contributed by atoms with Gasteiger partial charge in [0, 0.05) is 18.6 Å². The van der Waals surface area contributed by atoms with E-state index in [1.165, 1.54) is 28.9 Å². The lowest BCUT2D eigenvalue weighted by molar-refractivity contribution is 0.626. The maximum absolute atomic E-state index is 12.8. The lowest BCUT2D eigenvalue weighted by Gasteiger charge is -2.02. The Bertz CT molecular complexity index is 773. The predicted octanol–water partition coefficient (Wildman–Crippen LogP) is 1.26. The summed E-state index contributed by atoms with van der Waals surface area (Å²) in [6, 6.07) is 5.56. The number of fused-ring (bicyclic) bond motifs is 1. The van der Waals surface area contributed by atoms with E-state index in [-0.39, 0.29) is 11.4 Å². The second kappa shape index (κ2) is 3.76. The first-order chi connectivity index (χ1) is 8.65. The van der Waals surface area contributed by atoms with Crippen LogP contribution in [0.15, 0.2) is 41.5 Å². The van der Waals surface area contributed by atoms with E-state index in [0.29, 0.717) is 16.6 Å². The van der Waals surface area contributed by atoms with Crippen molar-refractivity contribution in [3.8, 4) is 5.69 Å². The third-order valence-electron chi connectivity index (χ3n) is 2.64. The molecule has 0 fully saturated rings. The van der Waals surface area contributed by atoms with Gasteiger partial charge in [-0.1, -0.05) is 0 Å². The van der Waals surface area contributed by atoms with Crippen LogP contribution in [0.25, 0.3) is 16.6 Å². The molecule has 0 radical (unpaired) electrons. The molecule has 0 saturated carbocycles. The van der Waals surface area contributed by atoms with Crippen LogP contribution in [0.5, 0.6) is 0 Å². The molecule has 3 rings (SSSR count). The number of halogens is 1. The Morgan fingerprint density at radius 3 is 2.67 bits per heavy atom. The van der Waals surface area contributed by atoms with Gasteiger partial charge in [-0.15, -0.1) is 0 Å². The SMILES string of the molecule is Cn1cc2cnn(-c3ccc(F)cc3)c(=O)c2n1. The normalized spacial score (nSPS) is 11.0. The fraction of sp³-hybridized carbons (Fsp3) is 0.0833. The van der Waals surface area contributed by atoms with E-state index >= 15 is 0 Å². The molecule has 0 spiro atoms. The van der Waals surface area contributed by atoms with Crippen LogP contribution in [0.1, 0.15) is 0 Å². The maximum Gasteiger partial charge on any atom is 0.299 e. The largest absolute Gasteiger partial charge is 0.299 e. The summed E-state index contributed by atoms with van der Waals surface area (Å²) in [5.74, 6) is -0.356. The highest BCUT2D eigenvalue weighted by Gasteiger charge is 2.08. The second-order valence-electron chi connectivity index (χ2n) is 3.94. The van der Waals surface area contributed by atoms with Crippen molar-refractivity contribution in [2.45, 2.75) is 0 Å². The Balaban J connectivity index is 2.26. The summed E-state index contributed by atoms with van der Waals surface area (Å²) in [6.45, 7) is 0. The van der Waals surface area contributed by atoms with Gasteiger partial charge in [-0.25, -0.2) is 4.39 Å². The van der Waals surface area contributed by atoms with Crippen molar-refractivity contribution in [1.29, 1.82) is 0 Å². The molecular formula is C12H9FN4O. The summed E-state index contributed by atoms with van der Waals surface area (Å²) < 4.78 is 15.6. The van der Waals surface area contributed by atoms with Crippen molar-refractivity contribution >= 4 is 10.9 Å². The average molecular weight is 244 g/mol. The summed E-state index contributed by atoms with van der Waals surface area (Å²) in [5.41, 5.74) is 0.533. The van der Waals surface area contributed by atoms with Crippen LogP contribution in [0.2, 0.25) is 0 Å². The average Bonchev–Trinajstić information content (AvgIpc) is 2.73. The Morgan fingerprint density at radius 1 is 1.22 bits per heavy atom. The predicted molar refractivity (Wildman–Crippen MR) is 64.1 cm³/mol. The zero-order valence-corrected chi connectivity index (χ0v) is 9.54. The van der Waals surface area contributed by atoms with Crippen LogP contribution < -0.4 is 5.56 Å². The zero-order chi connectivity index (χ0) is 12.7. The molecule has 90 valence electrons. The van der Waals surface area contributed by atoms with E-state index in [1.807, 2.05) is 0 Å². The number of benzene rings is 1. The van der Waals surface area contributed by atoms with Crippen LogP contribution in [0, 0.1) is 5.82 Å². The van der Waals surface area contributed by atoms with Gasteiger partial charge in [-0.05, 0) is 24.3 Å². The summed E-state index contributed by atoms with van der Waals surface area (Å²) in [5, 5.41) is 8.82. The van der Waals surface area contributed by atoms with Crippen molar-refractivity contribution in [3.63, 3.8) is 0 Å². The fourth-order valence-corrected chi connectivity index (χ4v) is 1.81. The maximum atomic E-state index is 12.8. The third-order valence-corrected chi connectivity index (χ3v) is 2.64. The van der Waals surface area contributed by atoms with E-state index in [4.69, 9.17) is 0 Å². The highest BCUT2D eigenvalue weighted by Crippen LogP contribution is 2.09. The molecule has 2 heterocycles. The lowest BCUT2D eigenvalue weighted by atomic mass is 10.3. The van der Waals surface area contributed by atoms with Crippen LogP contribution in [0.4, 0.5) is 4.39 Å². The first-order valence-electron chi connectivity index (χ1n) is 5.33. The minimum Gasteiger partial charge on any atom is -0.274 e. The number of aromatic nitrogens is 4. The molecule has 0 unspecified atom stereocenters. The van der Waals surface area contributed by atoms with Gasteiger partial charge < -0.3 is 0 Å². The number of hydrogen-bond donors (Lipinski definition) is 0. The number of rotatable bonds is 1. The van der Waals surface area contributed by atoms with Crippen molar-refractivity contribution in [2.24, 2.45) is 7.05 Å². The highest BCUT2D eigenvalue weighted by atomic mass is 19.1. The van der Waals surface area contributed by atoms with Gasteiger partial charge in [0.2, 0.25) is 0 Å². The van der Waals surface area contributed by atoms with E-state index in [9.17, 15) is 9.18 Å². The van der Waals surface area contributed by atoms with Crippen LogP contribution in [0.3, 0.4) is 0 Å². The molecule has 0 saturated heterocycles. The summed E-state index contributed by atoms with van der Waals surface area (Å²) in [4.78, 5) is 12.2. The summed E-state index contributed by atoms with van der Waals surface area (Å²) in [7, 11) is 1.74. The van der Waals surface area contributed by atoms with Gasteiger partial charge >= 0.3 is 0 Å². The van der Waals surface area contributed by atoms with Crippen molar-refractivity contribution < 1.29 is 4.39 Å². The van der Waals surface area contributed by atoms with Crippen LogP contribution in [-0.4, -0.2) is 19.6 Å². The van der Waals surface area contributed by atoms with Crippen LogP contribution >= 0.6 is 0 Å². The Kier molecular flexibility index (Phi) is 2.22. The topological polar surface area (TPSA) is 52.7 Å². The molecule has 5 nitrogen and oxygen atoms in total. The van der Waals surface area contributed by atoms with Gasteiger partial charge in [-0.3, -0.25) is 9.48 Å². The quantitative estimate of drug-likeness (QED) is 0.647. The standard InChI is InChI=1S/C12H9FN4O/c1-16-7-8-6-14-17(12(18)11(8)15-16)10-4-2-9(13)3-5-10/h2-7H,1H3. The van der Waals surface area contributed by atoms with Gasteiger partial charge in [0.25, 0.3) is 5.56 Å². The highest BCUT2D eigenvalue weighted by molar-refractivity contribution is 5.75. The fourth-order valence-electron chi connectivity index (χ4n) is 1.81. The smallest absolute Gasteiger partial charge is 0.274 e. The molecular weight excluding hydrogens is 235 g/mol. The molecule has 6 heteroatoms. The van der Waals surface area contributed by atoms with E-state index in [0.717, 1.165) is 0 Å². The number of aryl methyl sites for hydroxylation is 1. The zero-order valence-electron chi connectivity index (χ0n) is 9.54. The van der Waals surface area contributed by atoms with Gasteiger partial charge in [-0.2, -0.15) is 14.9 Å². The monoisotopic (exact) mass is 244 g/mol. The third kappa shape index (κ3) is 1.58. The minimum atomic E-state index is -0.356. The number of hydrogen-bond acceptors (Lipinski definition) is 3. The molecule has 0 atom stereocenters. The summed E-state index contributed by atoms with van der Waals surface area (Å²) >= 11 is 0. The molecule has 2 aromatic heterocycles. The molecule has 0 amide bonds. The van der Waals surface area contributed by atoms with E-state index in [1.54, 1.807) is 24.1 Å². The Morgan fingerprint density at radius 2 is 1.94 bits per heavy atom. The van der Waals surface area contributed by atoms with E-state index in [2.05, 4.69) is 10.2 Å². The molecule has 0 bridgehead atoms. The summed E-state index contributed by atoms with van der Waals surface area (Å²) in [6.07, 6.45) is 3.28. The second-order valence-corrected chi connectivity index (χ2v) is 3.94. The Labute approximate surface area is 101 Å². The van der Waals surface area contributed by atoms with Crippen molar-refractivity contribution in [2.75, 3.05) is 0 Å². The van der Waals surface area contributed by atoms with Crippen molar-refractivity contribution in [1.82, 2.24) is 19.6 Å². The molecule has 18 heavy (non-hydrogen) atoms. The van der Waals surface area contributed by atoms with Gasteiger partial charge in [0.05, 0.1) is 11.9 Å². The Hall–Kier alpha value is -2.50. The first kappa shape index (κ1) is 10.6. The molecule has 0 aliphatic rings. The lowest BCUT2D eigenvalue weighted by Crippen LogP contribution is -2.21. The first-order valence-corrected chi connectivity index (χ1v) is 5.33. The number of nitrogens with zero attached hydrogens (tertiary/aromatic N) is 4. The molecule has 0 N–H and O–H groups in total. The van der Waals surface area contributed by atoms with Crippen LogP contribution in [-0.2, 0) is 7.05 Å². The minimum absolute atomic E-state index is 0.320. The van der Waals surface area contributed by atoms with E-state index < -0.39 is 0 Å². The molecule has 3 aromatic rings.